The fourth-order valence-electron chi connectivity index (χ4n) is 3.39. The Morgan fingerprint density at radius 2 is 1.96 bits per heavy atom. The lowest BCUT2D eigenvalue weighted by Crippen LogP contribution is -2.32. The number of carboxylic acid groups (broad SMARTS) is 1. The summed E-state index contributed by atoms with van der Waals surface area (Å²) in [5.41, 5.74) is 3.20. The number of hydrogen-bond donors (Lipinski definition) is 1. The molecule has 2 atom stereocenters. The van der Waals surface area contributed by atoms with Crippen molar-refractivity contribution in [2.45, 2.75) is 30.3 Å². The van der Waals surface area contributed by atoms with Crippen molar-refractivity contribution < 1.29 is 9.90 Å². The fraction of sp³-hybridized carbons (Fsp3) is 0.350. The molecule has 0 amide bonds. The molecule has 0 bridgehead atoms. The highest BCUT2D eigenvalue weighted by Crippen LogP contribution is 2.48. The van der Waals surface area contributed by atoms with E-state index in [1.807, 2.05) is 42.5 Å². The van der Waals surface area contributed by atoms with Crippen molar-refractivity contribution in [1.82, 2.24) is 0 Å². The highest BCUT2D eigenvalue weighted by Gasteiger charge is 2.32. The number of rotatable bonds is 5. The van der Waals surface area contributed by atoms with Crippen molar-refractivity contribution >= 4 is 59.0 Å². The maximum atomic E-state index is 11.4. The lowest BCUT2D eigenvalue weighted by molar-refractivity contribution is -0.136. The number of thioether (sulfide) groups is 1. The highest BCUT2D eigenvalue weighted by atomic mass is 35.5. The lowest BCUT2D eigenvalue weighted by Gasteiger charge is -2.26. The molecule has 0 fully saturated rings. The second-order valence-electron chi connectivity index (χ2n) is 6.41. The lowest BCUT2D eigenvalue weighted by atomic mass is 10.0. The monoisotopic (exact) mass is 445 g/mol. The molecule has 0 radical (unpaired) electrons. The van der Waals surface area contributed by atoms with E-state index < -0.39 is 5.97 Å². The summed E-state index contributed by atoms with van der Waals surface area (Å²) in [6.07, 6.45) is 1.11. The van der Waals surface area contributed by atoms with Crippen LogP contribution < -0.4 is 4.90 Å². The Bertz CT molecular complexity index is 803. The number of hydrogen-bond acceptors (Lipinski definition) is 3. The van der Waals surface area contributed by atoms with Gasteiger partial charge in [0.05, 0.1) is 11.7 Å². The first-order valence-electron chi connectivity index (χ1n) is 8.65. The van der Waals surface area contributed by atoms with Crippen molar-refractivity contribution in [3.63, 3.8) is 0 Å². The molecule has 1 heterocycles. The highest BCUT2D eigenvalue weighted by molar-refractivity contribution is 8.00. The summed E-state index contributed by atoms with van der Waals surface area (Å²) < 4.78 is 0. The molecule has 0 aliphatic carbocycles. The molecule has 146 valence electrons. The molecule has 0 aromatic heterocycles. The molecule has 0 saturated carbocycles. The summed E-state index contributed by atoms with van der Waals surface area (Å²) in [7, 11) is 0. The Morgan fingerprint density at radius 3 is 2.63 bits per heavy atom. The average molecular weight is 447 g/mol. The van der Waals surface area contributed by atoms with Crippen LogP contribution in [0.25, 0.3) is 0 Å². The summed E-state index contributed by atoms with van der Waals surface area (Å²) in [6, 6.07) is 13.7. The van der Waals surface area contributed by atoms with E-state index in [-0.39, 0.29) is 29.3 Å². The molecule has 1 aliphatic heterocycles. The van der Waals surface area contributed by atoms with E-state index in [4.69, 9.17) is 23.2 Å². The van der Waals surface area contributed by atoms with Gasteiger partial charge in [-0.05, 0) is 41.8 Å². The van der Waals surface area contributed by atoms with Gasteiger partial charge in [0.25, 0.3) is 0 Å². The van der Waals surface area contributed by atoms with E-state index in [0.717, 1.165) is 29.8 Å². The molecule has 3 nitrogen and oxygen atoms in total. The third kappa shape index (κ3) is 5.26. The molecule has 7 heteroatoms. The van der Waals surface area contributed by atoms with E-state index in [2.05, 4.69) is 11.8 Å². The average Bonchev–Trinajstić information content (AvgIpc) is 2.72. The van der Waals surface area contributed by atoms with Gasteiger partial charge in [0.2, 0.25) is 0 Å². The van der Waals surface area contributed by atoms with Gasteiger partial charge in [-0.25, -0.2) is 0 Å². The molecular weight excluding hydrogens is 425 g/mol. The summed E-state index contributed by atoms with van der Waals surface area (Å²) >= 11 is 14.5. The number of carboxylic acids is 1. The Balaban J connectivity index is 0.00000261. The van der Waals surface area contributed by atoms with E-state index in [1.54, 1.807) is 11.8 Å². The van der Waals surface area contributed by atoms with Crippen LogP contribution in [0.4, 0.5) is 5.69 Å². The first kappa shape index (κ1) is 22.2. The van der Waals surface area contributed by atoms with Gasteiger partial charge in [-0.2, -0.15) is 0 Å². The van der Waals surface area contributed by atoms with Crippen LogP contribution in [0.5, 0.6) is 0 Å². The minimum Gasteiger partial charge on any atom is -0.481 e. The van der Waals surface area contributed by atoms with E-state index in [0.29, 0.717) is 16.6 Å². The predicted molar refractivity (Wildman–Crippen MR) is 118 cm³/mol. The van der Waals surface area contributed by atoms with Crippen molar-refractivity contribution in [3.8, 4) is 0 Å². The molecule has 1 N–H and O–H groups in total. The zero-order valence-electron chi connectivity index (χ0n) is 14.9. The van der Waals surface area contributed by atoms with Gasteiger partial charge in [0, 0.05) is 34.1 Å². The first-order valence-corrected chi connectivity index (χ1v) is 10.4. The zero-order valence-corrected chi connectivity index (χ0v) is 18.0. The third-order valence-electron chi connectivity index (χ3n) is 4.45. The van der Waals surface area contributed by atoms with E-state index in [9.17, 15) is 9.90 Å². The van der Waals surface area contributed by atoms with Crippen molar-refractivity contribution in [3.05, 3.63) is 63.6 Å². The Labute approximate surface area is 180 Å². The molecule has 27 heavy (non-hydrogen) atoms. The number of aliphatic carboxylic acids is 1. The Hall–Kier alpha value is -1.07. The van der Waals surface area contributed by atoms with E-state index >= 15 is 0 Å². The summed E-state index contributed by atoms with van der Waals surface area (Å²) in [6.45, 7) is 3.70. The maximum Gasteiger partial charge on any atom is 0.304 e. The van der Waals surface area contributed by atoms with Crippen molar-refractivity contribution in [2.75, 3.05) is 18.0 Å². The smallest absolute Gasteiger partial charge is 0.304 e. The van der Waals surface area contributed by atoms with Crippen LogP contribution in [0.1, 0.15) is 36.1 Å². The number of nitrogens with zero attached hydrogens (tertiary/aromatic N) is 1. The van der Waals surface area contributed by atoms with Crippen LogP contribution in [0.2, 0.25) is 10.0 Å². The van der Waals surface area contributed by atoms with Crippen LogP contribution in [0.15, 0.2) is 42.5 Å². The maximum absolute atomic E-state index is 11.4. The van der Waals surface area contributed by atoms with Gasteiger partial charge < -0.3 is 10.0 Å². The first-order chi connectivity index (χ1) is 12.5. The largest absolute Gasteiger partial charge is 0.481 e. The predicted octanol–water partition coefficient (Wildman–Crippen LogP) is 6.31. The SMILES string of the molecule is CCCN1CC(CC(=O)O)SC(c2ccccc2Cl)c2cc(Cl)ccc21.Cl. The van der Waals surface area contributed by atoms with Crippen molar-refractivity contribution in [2.24, 2.45) is 0 Å². The van der Waals surface area contributed by atoms with Gasteiger partial charge in [-0.15, -0.1) is 24.2 Å². The second kappa shape index (κ2) is 9.92. The molecule has 2 aromatic carbocycles. The van der Waals surface area contributed by atoms with Crippen molar-refractivity contribution in [1.29, 1.82) is 0 Å². The second-order valence-corrected chi connectivity index (χ2v) is 8.66. The van der Waals surface area contributed by atoms with E-state index in [1.165, 1.54) is 0 Å². The minimum absolute atomic E-state index is 0. The number of benzene rings is 2. The summed E-state index contributed by atoms with van der Waals surface area (Å²) in [4.78, 5) is 13.7. The zero-order chi connectivity index (χ0) is 18.7. The Kier molecular flexibility index (Phi) is 8.17. The molecule has 1 aliphatic rings. The molecule has 3 rings (SSSR count). The van der Waals surface area contributed by atoms with Gasteiger partial charge in [0.1, 0.15) is 0 Å². The van der Waals surface area contributed by atoms with Gasteiger partial charge in [0.15, 0.2) is 0 Å². The fourth-order valence-corrected chi connectivity index (χ4v) is 5.46. The summed E-state index contributed by atoms with van der Waals surface area (Å²) in [5.74, 6) is -0.777. The van der Waals surface area contributed by atoms with Crippen LogP contribution in [-0.4, -0.2) is 29.4 Å². The number of carbonyl (C=O) groups is 1. The standard InChI is InChI=1S/C20H21Cl2NO2S.ClH/c1-2-9-23-12-14(11-19(24)25)26-20(15-5-3-4-6-17(15)22)16-10-13(21)7-8-18(16)23;/h3-8,10,14,20H,2,9,11-12H2,1H3,(H,24,25);1H. The van der Waals surface area contributed by atoms with Gasteiger partial charge in [-0.1, -0.05) is 48.3 Å². The summed E-state index contributed by atoms with van der Waals surface area (Å²) in [5, 5.41) is 10.6. The molecule has 0 saturated heterocycles. The quantitative estimate of drug-likeness (QED) is 0.584. The van der Waals surface area contributed by atoms with Crippen LogP contribution in [0, 0.1) is 0 Å². The molecule has 0 spiro atoms. The minimum atomic E-state index is -0.777. The number of anilines is 1. The van der Waals surface area contributed by atoms with Crippen LogP contribution >= 0.6 is 47.4 Å². The number of fused-ring (bicyclic) bond motifs is 1. The normalized spacial score (nSPS) is 19.0. The molecular formula is C20H22Cl3NO2S. The van der Waals surface area contributed by atoms with Crippen LogP contribution in [-0.2, 0) is 4.79 Å². The molecule has 2 aromatic rings. The Morgan fingerprint density at radius 1 is 1.22 bits per heavy atom. The van der Waals surface area contributed by atoms with Crippen LogP contribution in [0.3, 0.4) is 0 Å². The third-order valence-corrected chi connectivity index (χ3v) is 6.51. The topological polar surface area (TPSA) is 40.5 Å². The number of halogens is 3. The van der Waals surface area contributed by atoms with Gasteiger partial charge in [-0.3, -0.25) is 4.79 Å². The van der Waals surface area contributed by atoms with Gasteiger partial charge >= 0.3 is 5.97 Å². The molecule has 2 unspecified atom stereocenters.